The maximum atomic E-state index is 11.0. The molecular weight excluding hydrogens is 280 g/mol. The van der Waals surface area contributed by atoms with Crippen LogP contribution in [0.4, 0.5) is 0 Å². The smallest absolute Gasteiger partial charge is 0.307 e. The van der Waals surface area contributed by atoms with E-state index in [1.165, 1.54) is 0 Å². The number of carboxylic acid groups (broad SMARTS) is 2. The van der Waals surface area contributed by atoms with E-state index in [1.807, 2.05) is 48.5 Å². The molecule has 2 N–H and O–H groups in total. The third kappa shape index (κ3) is 2.63. The molecule has 0 atom stereocenters. The lowest BCUT2D eigenvalue weighted by Gasteiger charge is -2.09. The minimum Gasteiger partial charge on any atom is -0.481 e. The van der Waals surface area contributed by atoms with E-state index in [-0.39, 0.29) is 12.8 Å². The van der Waals surface area contributed by atoms with Gasteiger partial charge in [0.1, 0.15) is 0 Å². The van der Waals surface area contributed by atoms with Gasteiger partial charge in [0.15, 0.2) is 0 Å². The fourth-order valence-electron chi connectivity index (χ4n) is 2.81. The minimum atomic E-state index is -0.868. The first-order valence-electron chi connectivity index (χ1n) is 6.91. The highest BCUT2D eigenvalue weighted by atomic mass is 16.4. The molecule has 0 radical (unpaired) electrons. The largest absolute Gasteiger partial charge is 0.481 e. The standard InChI is InChI=1S/C18H14O4/c19-17(20)9-13-5-1-3-11-7-16-12(8-15(11)13)4-2-6-14(16)10-18(21)22/h1-8H,9-10H2,(H,19,20)(H,21,22). The Morgan fingerprint density at radius 1 is 0.727 bits per heavy atom. The molecule has 0 saturated heterocycles. The SMILES string of the molecule is O=C(O)Cc1cccc2cc3c(CC(=O)O)cccc3cc12. The lowest BCUT2D eigenvalue weighted by molar-refractivity contribution is -0.137. The van der Waals surface area contributed by atoms with Crippen LogP contribution in [-0.2, 0) is 22.4 Å². The highest BCUT2D eigenvalue weighted by Gasteiger charge is 2.10. The Morgan fingerprint density at radius 3 is 1.50 bits per heavy atom. The summed E-state index contributed by atoms with van der Waals surface area (Å²) in [6, 6.07) is 15.0. The van der Waals surface area contributed by atoms with Crippen molar-refractivity contribution < 1.29 is 19.8 Å². The molecule has 0 saturated carbocycles. The van der Waals surface area contributed by atoms with Crippen molar-refractivity contribution >= 4 is 33.5 Å². The molecule has 4 heteroatoms. The van der Waals surface area contributed by atoms with E-state index >= 15 is 0 Å². The fraction of sp³-hybridized carbons (Fsp3) is 0.111. The second-order valence-electron chi connectivity index (χ2n) is 5.27. The Balaban J connectivity index is 2.26. The van der Waals surface area contributed by atoms with Gasteiger partial charge < -0.3 is 10.2 Å². The summed E-state index contributed by atoms with van der Waals surface area (Å²) in [7, 11) is 0. The molecule has 4 nitrogen and oxygen atoms in total. The molecule has 110 valence electrons. The molecule has 0 heterocycles. The quantitative estimate of drug-likeness (QED) is 0.724. The van der Waals surface area contributed by atoms with Gasteiger partial charge in [-0.25, -0.2) is 0 Å². The summed E-state index contributed by atoms with van der Waals surface area (Å²) in [5, 5.41) is 21.7. The molecule has 0 aliphatic heterocycles. The van der Waals surface area contributed by atoms with Crippen LogP contribution in [0.5, 0.6) is 0 Å². The van der Waals surface area contributed by atoms with E-state index in [2.05, 4.69) is 0 Å². The highest BCUT2D eigenvalue weighted by Crippen LogP contribution is 2.28. The highest BCUT2D eigenvalue weighted by molar-refractivity contribution is 6.02. The molecule has 0 bridgehead atoms. The van der Waals surface area contributed by atoms with Gasteiger partial charge in [0.25, 0.3) is 0 Å². The molecule has 0 aliphatic rings. The van der Waals surface area contributed by atoms with Crippen molar-refractivity contribution in [1.82, 2.24) is 0 Å². The first kappa shape index (κ1) is 14.1. The Kier molecular flexibility index (Phi) is 3.51. The predicted molar refractivity (Wildman–Crippen MR) is 84.1 cm³/mol. The fourth-order valence-corrected chi connectivity index (χ4v) is 2.81. The predicted octanol–water partition coefficient (Wildman–Crippen LogP) is 3.25. The summed E-state index contributed by atoms with van der Waals surface area (Å²) in [5.41, 5.74) is 1.52. The summed E-state index contributed by atoms with van der Waals surface area (Å²) in [6.07, 6.45) is -0.0602. The van der Waals surface area contributed by atoms with Gasteiger partial charge in [-0.3, -0.25) is 9.59 Å². The number of benzene rings is 3. The van der Waals surface area contributed by atoms with Crippen LogP contribution in [0.15, 0.2) is 48.5 Å². The summed E-state index contributed by atoms with van der Waals surface area (Å²) in [4.78, 5) is 22.0. The van der Waals surface area contributed by atoms with Crippen molar-refractivity contribution in [1.29, 1.82) is 0 Å². The number of hydrogen-bond acceptors (Lipinski definition) is 2. The zero-order valence-electron chi connectivity index (χ0n) is 11.7. The summed E-state index contributed by atoms with van der Waals surface area (Å²) in [5.74, 6) is -1.74. The van der Waals surface area contributed by atoms with Crippen LogP contribution in [0.25, 0.3) is 21.5 Å². The molecule has 3 rings (SSSR count). The minimum absolute atomic E-state index is 0.0301. The van der Waals surface area contributed by atoms with E-state index in [9.17, 15) is 9.59 Å². The third-order valence-corrected chi connectivity index (χ3v) is 3.74. The third-order valence-electron chi connectivity index (χ3n) is 3.74. The number of carboxylic acids is 2. The molecule has 3 aromatic carbocycles. The number of fused-ring (bicyclic) bond motifs is 2. The molecule has 0 aliphatic carbocycles. The van der Waals surface area contributed by atoms with Gasteiger partial charge in [-0.05, 0) is 44.8 Å². The van der Waals surface area contributed by atoms with Crippen molar-refractivity contribution in [2.75, 3.05) is 0 Å². The van der Waals surface area contributed by atoms with Gasteiger partial charge in [0, 0.05) is 0 Å². The maximum Gasteiger partial charge on any atom is 0.307 e. The van der Waals surface area contributed by atoms with Crippen molar-refractivity contribution in [3.8, 4) is 0 Å². The molecule has 0 spiro atoms. The first-order chi connectivity index (χ1) is 10.5. The Bertz CT molecular complexity index is 821. The molecule has 3 aromatic rings. The Labute approximate surface area is 126 Å². The molecule has 22 heavy (non-hydrogen) atoms. The maximum absolute atomic E-state index is 11.0. The van der Waals surface area contributed by atoms with Gasteiger partial charge in [-0.2, -0.15) is 0 Å². The van der Waals surface area contributed by atoms with E-state index in [4.69, 9.17) is 10.2 Å². The van der Waals surface area contributed by atoms with Gasteiger partial charge in [-0.1, -0.05) is 36.4 Å². The van der Waals surface area contributed by atoms with Crippen LogP contribution >= 0.6 is 0 Å². The Morgan fingerprint density at radius 2 is 1.14 bits per heavy atom. The van der Waals surface area contributed by atoms with Gasteiger partial charge >= 0.3 is 11.9 Å². The van der Waals surface area contributed by atoms with Crippen LogP contribution in [-0.4, -0.2) is 22.2 Å². The summed E-state index contributed by atoms with van der Waals surface area (Å²) < 4.78 is 0. The molecule has 0 amide bonds. The van der Waals surface area contributed by atoms with Crippen LogP contribution in [0.2, 0.25) is 0 Å². The monoisotopic (exact) mass is 294 g/mol. The average molecular weight is 294 g/mol. The lowest BCUT2D eigenvalue weighted by Crippen LogP contribution is -2.02. The first-order valence-corrected chi connectivity index (χ1v) is 6.91. The van der Waals surface area contributed by atoms with Crippen molar-refractivity contribution in [2.24, 2.45) is 0 Å². The van der Waals surface area contributed by atoms with Crippen LogP contribution < -0.4 is 0 Å². The normalized spacial score (nSPS) is 10.9. The zero-order chi connectivity index (χ0) is 15.7. The van der Waals surface area contributed by atoms with E-state index in [1.54, 1.807) is 0 Å². The summed E-state index contributed by atoms with van der Waals surface area (Å²) >= 11 is 0. The molecule has 0 aromatic heterocycles. The number of carbonyl (C=O) groups is 2. The zero-order valence-corrected chi connectivity index (χ0v) is 11.7. The summed E-state index contributed by atoms with van der Waals surface area (Å²) in [6.45, 7) is 0. The van der Waals surface area contributed by atoms with Gasteiger partial charge in [0.2, 0.25) is 0 Å². The van der Waals surface area contributed by atoms with Gasteiger partial charge in [-0.15, -0.1) is 0 Å². The topological polar surface area (TPSA) is 74.6 Å². The number of hydrogen-bond donors (Lipinski definition) is 2. The van der Waals surface area contributed by atoms with Crippen molar-refractivity contribution in [3.05, 3.63) is 59.7 Å². The second-order valence-corrected chi connectivity index (χ2v) is 5.27. The molecular formula is C18H14O4. The molecule has 0 fully saturated rings. The van der Waals surface area contributed by atoms with Crippen molar-refractivity contribution in [3.63, 3.8) is 0 Å². The van der Waals surface area contributed by atoms with E-state index in [0.29, 0.717) is 0 Å². The van der Waals surface area contributed by atoms with Crippen LogP contribution in [0, 0.1) is 0 Å². The van der Waals surface area contributed by atoms with Crippen molar-refractivity contribution in [2.45, 2.75) is 12.8 Å². The van der Waals surface area contributed by atoms with Crippen LogP contribution in [0.3, 0.4) is 0 Å². The lowest BCUT2D eigenvalue weighted by atomic mass is 9.95. The second kappa shape index (κ2) is 5.48. The molecule has 0 unspecified atom stereocenters. The number of aliphatic carboxylic acids is 2. The average Bonchev–Trinajstić information content (AvgIpc) is 2.45. The van der Waals surface area contributed by atoms with E-state index in [0.717, 1.165) is 32.7 Å². The Hall–Kier alpha value is -2.88. The van der Waals surface area contributed by atoms with Crippen LogP contribution in [0.1, 0.15) is 11.1 Å². The van der Waals surface area contributed by atoms with Gasteiger partial charge in [0.05, 0.1) is 12.8 Å². The number of rotatable bonds is 4. The van der Waals surface area contributed by atoms with E-state index < -0.39 is 11.9 Å².